The third-order valence-electron chi connectivity index (χ3n) is 4.20. The van der Waals surface area contributed by atoms with E-state index in [2.05, 4.69) is 31.3 Å². The zero-order valence-corrected chi connectivity index (χ0v) is 14.2. The van der Waals surface area contributed by atoms with Gasteiger partial charge in [0, 0.05) is 13.0 Å². The molecule has 4 nitrogen and oxygen atoms in total. The van der Waals surface area contributed by atoms with Crippen LogP contribution >= 0.6 is 0 Å². The largest absolute Gasteiger partial charge is 0.486 e. The van der Waals surface area contributed by atoms with Crippen molar-refractivity contribution in [2.45, 2.75) is 32.7 Å². The summed E-state index contributed by atoms with van der Waals surface area (Å²) in [6, 6.07) is 14.1. The van der Waals surface area contributed by atoms with E-state index < -0.39 is 0 Å². The van der Waals surface area contributed by atoms with E-state index in [0.29, 0.717) is 26.2 Å². The van der Waals surface area contributed by atoms with Crippen LogP contribution in [0.5, 0.6) is 11.5 Å². The summed E-state index contributed by atoms with van der Waals surface area (Å²) in [6.07, 6.45) is 0.450. The molecule has 0 saturated heterocycles. The minimum absolute atomic E-state index is 0.0545. The van der Waals surface area contributed by atoms with Crippen LogP contribution in [0.1, 0.15) is 36.0 Å². The quantitative estimate of drug-likeness (QED) is 0.914. The van der Waals surface area contributed by atoms with Crippen molar-refractivity contribution in [3.63, 3.8) is 0 Å². The highest BCUT2D eigenvalue weighted by Crippen LogP contribution is 2.33. The Hall–Kier alpha value is -2.49. The molecule has 24 heavy (non-hydrogen) atoms. The molecule has 0 aromatic heterocycles. The monoisotopic (exact) mass is 325 g/mol. The number of hydrogen-bond acceptors (Lipinski definition) is 3. The van der Waals surface area contributed by atoms with Crippen LogP contribution in [0.25, 0.3) is 0 Å². The first-order chi connectivity index (χ1) is 11.6. The van der Waals surface area contributed by atoms with E-state index in [9.17, 15) is 4.79 Å². The fraction of sp³-hybridized carbons (Fsp3) is 0.350. The minimum atomic E-state index is 0.0545. The number of ether oxygens (including phenoxy) is 2. The second kappa shape index (κ2) is 7.39. The summed E-state index contributed by atoms with van der Waals surface area (Å²) in [6.45, 7) is 5.83. The molecule has 1 heterocycles. The molecule has 0 bridgehead atoms. The van der Waals surface area contributed by atoms with E-state index in [1.165, 1.54) is 5.56 Å². The fourth-order valence-electron chi connectivity index (χ4n) is 2.86. The summed E-state index contributed by atoms with van der Waals surface area (Å²) in [4.78, 5) is 12.2. The maximum atomic E-state index is 12.2. The van der Waals surface area contributed by atoms with E-state index in [1.807, 2.05) is 30.3 Å². The zero-order chi connectivity index (χ0) is 16.9. The van der Waals surface area contributed by atoms with Gasteiger partial charge in [0.25, 0.3) is 0 Å². The molecule has 126 valence electrons. The van der Waals surface area contributed by atoms with Crippen LogP contribution in [0.4, 0.5) is 0 Å². The van der Waals surface area contributed by atoms with Crippen LogP contribution in [0, 0.1) is 6.92 Å². The molecule has 0 fully saturated rings. The summed E-state index contributed by atoms with van der Waals surface area (Å²) >= 11 is 0. The Kier molecular flexibility index (Phi) is 5.04. The summed E-state index contributed by atoms with van der Waals surface area (Å²) < 4.78 is 11.1. The first-order valence-electron chi connectivity index (χ1n) is 8.33. The van der Waals surface area contributed by atoms with E-state index >= 15 is 0 Å². The molecule has 1 unspecified atom stereocenters. The molecule has 1 aliphatic heterocycles. The normalized spacial score (nSPS) is 14.1. The first-order valence-corrected chi connectivity index (χ1v) is 8.33. The van der Waals surface area contributed by atoms with Gasteiger partial charge in [-0.25, -0.2) is 0 Å². The molecular weight excluding hydrogens is 302 g/mol. The number of fused-ring (bicyclic) bond motifs is 1. The number of benzene rings is 2. The number of hydrogen-bond donors (Lipinski definition) is 1. The average Bonchev–Trinajstić information content (AvgIpc) is 2.59. The van der Waals surface area contributed by atoms with Gasteiger partial charge < -0.3 is 14.8 Å². The van der Waals surface area contributed by atoms with Gasteiger partial charge in [-0.05, 0) is 36.1 Å². The van der Waals surface area contributed by atoms with Crippen LogP contribution in [0.2, 0.25) is 0 Å². The van der Waals surface area contributed by atoms with E-state index in [4.69, 9.17) is 9.47 Å². The maximum absolute atomic E-state index is 12.2. The number of nitrogens with one attached hydrogen (secondary N) is 1. The Bertz CT molecular complexity index is 727. The third-order valence-corrected chi connectivity index (χ3v) is 4.20. The summed E-state index contributed by atoms with van der Waals surface area (Å²) in [5, 5.41) is 2.99. The van der Waals surface area contributed by atoms with Gasteiger partial charge in [-0.2, -0.15) is 0 Å². The Morgan fingerprint density at radius 1 is 1.12 bits per heavy atom. The highest BCUT2D eigenvalue weighted by Gasteiger charge is 2.16. The van der Waals surface area contributed by atoms with Gasteiger partial charge in [0.1, 0.15) is 13.2 Å². The molecular formula is C20H23NO3. The second-order valence-corrected chi connectivity index (χ2v) is 6.27. The first kappa shape index (κ1) is 16.4. The Balaban J connectivity index is 1.56. The van der Waals surface area contributed by atoms with Gasteiger partial charge in [0.05, 0.1) is 0 Å². The molecule has 1 N–H and O–H groups in total. The van der Waals surface area contributed by atoms with Crippen LogP contribution < -0.4 is 14.8 Å². The molecule has 0 spiro atoms. The third kappa shape index (κ3) is 4.07. The highest BCUT2D eigenvalue weighted by atomic mass is 16.6. The van der Waals surface area contributed by atoms with Crippen molar-refractivity contribution in [1.29, 1.82) is 0 Å². The molecule has 1 aliphatic rings. The van der Waals surface area contributed by atoms with Gasteiger partial charge >= 0.3 is 0 Å². The highest BCUT2D eigenvalue weighted by molar-refractivity contribution is 5.76. The van der Waals surface area contributed by atoms with Crippen molar-refractivity contribution in [2.24, 2.45) is 0 Å². The molecule has 2 aromatic rings. The molecule has 1 amide bonds. The van der Waals surface area contributed by atoms with Crippen molar-refractivity contribution in [3.8, 4) is 11.5 Å². The van der Waals surface area contributed by atoms with Crippen molar-refractivity contribution in [2.75, 3.05) is 13.2 Å². The smallest absolute Gasteiger partial charge is 0.220 e. The van der Waals surface area contributed by atoms with Gasteiger partial charge in [-0.3, -0.25) is 4.79 Å². The van der Waals surface area contributed by atoms with Gasteiger partial charge in [-0.1, -0.05) is 42.8 Å². The lowest BCUT2D eigenvalue weighted by molar-refractivity contribution is -0.121. The fourth-order valence-corrected chi connectivity index (χ4v) is 2.86. The maximum Gasteiger partial charge on any atom is 0.220 e. The lowest BCUT2D eigenvalue weighted by Gasteiger charge is -2.20. The van der Waals surface area contributed by atoms with Crippen molar-refractivity contribution in [3.05, 3.63) is 59.2 Å². The van der Waals surface area contributed by atoms with E-state index in [-0.39, 0.29) is 11.8 Å². The predicted molar refractivity (Wildman–Crippen MR) is 93.5 cm³/mol. The Morgan fingerprint density at radius 3 is 2.71 bits per heavy atom. The summed E-state index contributed by atoms with van der Waals surface area (Å²) in [7, 11) is 0. The summed E-state index contributed by atoms with van der Waals surface area (Å²) in [5.41, 5.74) is 3.41. The summed E-state index contributed by atoms with van der Waals surface area (Å²) in [5.74, 6) is 1.73. The molecule has 2 aromatic carbocycles. The molecule has 0 saturated carbocycles. The molecule has 4 heteroatoms. The average molecular weight is 325 g/mol. The van der Waals surface area contributed by atoms with Crippen LogP contribution in [0.15, 0.2) is 42.5 Å². The van der Waals surface area contributed by atoms with Crippen LogP contribution in [0.3, 0.4) is 0 Å². The van der Waals surface area contributed by atoms with E-state index in [0.717, 1.165) is 22.6 Å². The predicted octanol–water partition coefficient (Wildman–Crippen LogP) is 3.58. The van der Waals surface area contributed by atoms with Crippen LogP contribution in [-0.2, 0) is 11.3 Å². The minimum Gasteiger partial charge on any atom is -0.486 e. The zero-order valence-electron chi connectivity index (χ0n) is 14.2. The standard InChI is InChI=1S/C20H23NO3/c1-14-4-3-5-16(10-14)13-21-20(22)11-15(2)17-6-7-18-19(12-17)24-9-8-23-18/h3-7,10,12,15H,8-9,11,13H2,1-2H3,(H,21,22). The molecule has 0 radical (unpaired) electrons. The van der Waals surface area contributed by atoms with Crippen molar-refractivity contribution < 1.29 is 14.3 Å². The number of carbonyl (C=O) groups is 1. The lowest BCUT2D eigenvalue weighted by atomic mass is 9.97. The number of aryl methyl sites for hydroxylation is 1. The van der Waals surface area contributed by atoms with Gasteiger partial charge in [-0.15, -0.1) is 0 Å². The number of carbonyl (C=O) groups excluding carboxylic acids is 1. The Labute approximate surface area is 142 Å². The van der Waals surface area contributed by atoms with Crippen LogP contribution in [-0.4, -0.2) is 19.1 Å². The number of rotatable bonds is 5. The van der Waals surface area contributed by atoms with Gasteiger partial charge in [0.2, 0.25) is 5.91 Å². The second-order valence-electron chi connectivity index (χ2n) is 6.27. The Morgan fingerprint density at radius 2 is 1.92 bits per heavy atom. The topological polar surface area (TPSA) is 47.6 Å². The van der Waals surface area contributed by atoms with Crippen molar-refractivity contribution >= 4 is 5.91 Å². The molecule has 3 rings (SSSR count). The van der Waals surface area contributed by atoms with Gasteiger partial charge in [0.15, 0.2) is 11.5 Å². The SMILES string of the molecule is Cc1cccc(CNC(=O)CC(C)c2ccc3c(c2)OCCO3)c1. The molecule has 0 aliphatic carbocycles. The molecule has 1 atom stereocenters. The lowest BCUT2D eigenvalue weighted by Crippen LogP contribution is -2.24. The van der Waals surface area contributed by atoms with E-state index in [1.54, 1.807) is 0 Å². The number of amides is 1. The van der Waals surface area contributed by atoms with Crippen molar-refractivity contribution in [1.82, 2.24) is 5.32 Å².